The number of ether oxygens (including phenoxy) is 2. The standard InChI is InChI=1S/C23H26N2O4/c1-5-29-19-12-8-17(9-13-19)24-21-20(16-6-10-18(28-4)11-7-16)22(26)25(23(21)27)14-15(2)3/h6-13,15,24H,5,14H2,1-4H3. The number of hydrogen-bond acceptors (Lipinski definition) is 5. The number of nitrogens with zero attached hydrogens (tertiary/aromatic N) is 1. The molecule has 1 aliphatic rings. The highest BCUT2D eigenvalue weighted by Gasteiger charge is 2.39. The average molecular weight is 394 g/mol. The van der Waals surface area contributed by atoms with E-state index in [9.17, 15) is 9.59 Å². The van der Waals surface area contributed by atoms with E-state index in [1.165, 1.54) is 4.90 Å². The zero-order valence-corrected chi connectivity index (χ0v) is 17.2. The molecule has 0 aromatic heterocycles. The van der Waals surface area contributed by atoms with Crippen LogP contribution in [0.5, 0.6) is 11.5 Å². The van der Waals surface area contributed by atoms with Crippen molar-refractivity contribution >= 4 is 23.1 Å². The Morgan fingerprint density at radius 3 is 2.10 bits per heavy atom. The Balaban J connectivity index is 1.98. The summed E-state index contributed by atoms with van der Waals surface area (Å²) >= 11 is 0. The molecule has 1 heterocycles. The van der Waals surface area contributed by atoms with Crippen molar-refractivity contribution in [2.45, 2.75) is 20.8 Å². The molecule has 29 heavy (non-hydrogen) atoms. The minimum Gasteiger partial charge on any atom is -0.497 e. The number of carbonyl (C=O) groups excluding carboxylic acids is 2. The van der Waals surface area contributed by atoms with Gasteiger partial charge in [0.2, 0.25) is 0 Å². The van der Waals surface area contributed by atoms with Crippen LogP contribution in [0.25, 0.3) is 5.57 Å². The summed E-state index contributed by atoms with van der Waals surface area (Å²) in [7, 11) is 1.59. The molecule has 0 spiro atoms. The van der Waals surface area contributed by atoms with Crippen molar-refractivity contribution in [1.82, 2.24) is 4.90 Å². The first-order chi connectivity index (χ1) is 13.9. The Labute approximate surface area is 171 Å². The number of methoxy groups -OCH3 is 1. The first kappa shape index (κ1) is 20.5. The largest absolute Gasteiger partial charge is 0.497 e. The highest BCUT2D eigenvalue weighted by atomic mass is 16.5. The minimum atomic E-state index is -0.316. The molecule has 0 saturated carbocycles. The van der Waals surface area contributed by atoms with E-state index >= 15 is 0 Å². The number of imide groups is 1. The molecule has 2 aromatic carbocycles. The van der Waals surface area contributed by atoms with Crippen molar-refractivity contribution in [2.75, 3.05) is 25.6 Å². The van der Waals surface area contributed by atoms with Crippen LogP contribution in [0.4, 0.5) is 5.69 Å². The SMILES string of the molecule is CCOc1ccc(NC2=C(c3ccc(OC)cc3)C(=O)N(CC(C)C)C2=O)cc1. The van der Waals surface area contributed by atoms with E-state index in [0.717, 1.165) is 5.75 Å². The topological polar surface area (TPSA) is 67.9 Å². The highest BCUT2D eigenvalue weighted by Crippen LogP contribution is 2.32. The van der Waals surface area contributed by atoms with Crippen molar-refractivity contribution in [3.05, 3.63) is 59.8 Å². The van der Waals surface area contributed by atoms with Gasteiger partial charge in [0, 0.05) is 12.2 Å². The molecule has 3 rings (SSSR count). The normalized spacial score (nSPS) is 14.0. The van der Waals surface area contributed by atoms with Crippen molar-refractivity contribution in [3.8, 4) is 11.5 Å². The quantitative estimate of drug-likeness (QED) is 0.687. The van der Waals surface area contributed by atoms with Gasteiger partial charge in [-0.15, -0.1) is 0 Å². The maximum atomic E-state index is 13.1. The van der Waals surface area contributed by atoms with Crippen LogP contribution >= 0.6 is 0 Å². The maximum Gasteiger partial charge on any atom is 0.278 e. The fourth-order valence-electron chi connectivity index (χ4n) is 3.19. The number of benzene rings is 2. The molecule has 1 aliphatic heterocycles. The van der Waals surface area contributed by atoms with Gasteiger partial charge in [0.15, 0.2) is 0 Å². The van der Waals surface area contributed by atoms with Gasteiger partial charge in [-0.2, -0.15) is 0 Å². The third-order valence-electron chi connectivity index (χ3n) is 4.53. The van der Waals surface area contributed by atoms with Crippen molar-refractivity contribution < 1.29 is 19.1 Å². The van der Waals surface area contributed by atoms with Gasteiger partial charge in [0.1, 0.15) is 17.2 Å². The van der Waals surface area contributed by atoms with Gasteiger partial charge in [-0.25, -0.2) is 0 Å². The predicted octanol–water partition coefficient (Wildman–Crippen LogP) is 3.94. The molecule has 0 fully saturated rings. The van der Waals surface area contributed by atoms with E-state index in [2.05, 4.69) is 5.32 Å². The summed E-state index contributed by atoms with van der Waals surface area (Å²) in [6, 6.07) is 14.4. The lowest BCUT2D eigenvalue weighted by Gasteiger charge is -2.17. The van der Waals surface area contributed by atoms with Crippen LogP contribution in [0.3, 0.4) is 0 Å². The number of hydrogen-bond donors (Lipinski definition) is 1. The summed E-state index contributed by atoms with van der Waals surface area (Å²) in [5, 5.41) is 3.15. The lowest BCUT2D eigenvalue weighted by molar-refractivity contribution is -0.137. The second-order valence-electron chi connectivity index (χ2n) is 7.18. The minimum absolute atomic E-state index is 0.171. The Morgan fingerprint density at radius 1 is 0.931 bits per heavy atom. The fourth-order valence-corrected chi connectivity index (χ4v) is 3.19. The molecule has 0 aliphatic carbocycles. The van der Waals surface area contributed by atoms with Crippen molar-refractivity contribution in [3.63, 3.8) is 0 Å². The molecule has 6 nitrogen and oxygen atoms in total. The molecule has 2 amide bonds. The Morgan fingerprint density at radius 2 is 1.55 bits per heavy atom. The second-order valence-corrected chi connectivity index (χ2v) is 7.18. The number of carbonyl (C=O) groups is 2. The van der Waals surface area contributed by atoms with Crippen LogP contribution < -0.4 is 14.8 Å². The molecule has 0 unspecified atom stereocenters. The molecule has 0 radical (unpaired) electrons. The van der Waals surface area contributed by atoms with E-state index in [-0.39, 0.29) is 23.4 Å². The number of nitrogens with one attached hydrogen (secondary N) is 1. The zero-order chi connectivity index (χ0) is 21.0. The molecular formula is C23H26N2O4. The van der Waals surface area contributed by atoms with E-state index in [0.29, 0.717) is 35.7 Å². The molecular weight excluding hydrogens is 368 g/mol. The van der Waals surface area contributed by atoms with Gasteiger partial charge in [-0.1, -0.05) is 26.0 Å². The van der Waals surface area contributed by atoms with Gasteiger partial charge >= 0.3 is 0 Å². The van der Waals surface area contributed by atoms with Gasteiger partial charge in [0.05, 0.1) is 19.3 Å². The number of rotatable bonds is 8. The van der Waals surface area contributed by atoms with Gasteiger partial charge in [0.25, 0.3) is 11.8 Å². The van der Waals surface area contributed by atoms with E-state index < -0.39 is 0 Å². The third kappa shape index (κ3) is 4.42. The van der Waals surface area contributed by atoms with Crippen LogP contribution in [-0.4, -0.2) is 37.0 Å². The summed E-state index contributed by atoms with van der Waals surface area (Å²) < 4.78 is 10.7. The molecule has 1 N–H and O–H groups in total. The highest BCUT2D eigenvalue weighted by molar-refractivity contribution is 6.36. The van der Waals surface area contributed by atoms with Crippen LogP contribution in [0, 0.1) is 5.92 Å². The monoisotopic (exact) mass is 394 g/mol. The smallest absolute Gasteiger partial charge is 0.278 e. The third-order valence-corrected chi connectivity index (χ3v) is 4.53. The summed E-state index contributed by atoms with van der Waals surface area (Å²) in [5.74, 6) is 0.999. The summed E-state index contributed by atoms with van der Waals surface area (Å²) in [4.78, 5) is 27.5. The molecule has 0 bridgehead atoms. The average Bonchev–Trinajstić information content (AvgIpc) is 2.94. The molecule has 0 atom stereocenters. The fraction of sp³-hybridized carbons (Fsp3) is 0.304. The lowest BCUT2D eigenvalue weighted by Crippen LogP contribution is -2.35. The van der Waals surface area contributed by atoms with Crippen molar-refractivity contribution in [2.24, 2.45) is 5.92 Å². The number of anilines is 1. The Bertz CT molecular complexity index is 915. The van der Waals surface area contributed by atoms with E-state index in [1.54, 1.807) is 31.4 Å². The molecule has 2 aromatic rings. The van der Waals surface area contributed by atoms with E-state index in [4.69, 9.17) is 9.47 Å². The molecule has 6 heteroatoms. The molecule has 152 valence electrons. The van der Waals surface area contributed by atoms with Crippen molar-refractivity contribution in [1.29, 1.82) is 0 Å². The van der Waals surface area contributed by atoms with E-state index in [1.807, 2.05) is 45.0 Å². The van der Waals surface area contributed by atoms with Gasteiger partial charge < -0.3 is 14.8 Å². The Hall–Kier alpha value is -3.28. The first-order valence-corrected chi connectivity index (χ1v) is 9.69. The Kier molecular flexibility index (Phi) is 6.22. The van der Waals surface area contributed by atoms with Crippen LogP contribution in [0.15, 0.2) is 54.2 Å². The first-order valence-electron chi connectivity index (χ1n) is 9.69. The van der Waals surface area contributed by atoms with Gasteiger partial charge in [-0.05, 0) is 54.8 Å². The number of amides is 2. The van der Waals surface area contributed by atoms with Gasteiger partial charge in [-0.3, -0.25) is 14.5 Å². The second kappa shape index (κ2) is 8.82. The molecule has 0 saturated heterocycles. The lowest BCUT2D eigenvalue weighted by atomic mass is 10.0. The maximum absolute atomic E-state index is 13.1. The summed E-state index contributed by atoms with van der Waals surface area (Å²) in [5.41, 5.74) is 2.03. The summed E-state index contributed by atoms with van der Waals surface area (Å²) in [6.07, 6.45) is 0. The van der Waals surface area contributed by atoms with Crippen LogP contribution in [0.1, 0.15) is 26.3 Å². The van der Waals surface area contributed by atoms with Crippen LogP contribution in [0.2, 0.25) is 0 Å². The van der Waals surface area contributed by atoms with Crippen LogP contribution in [-0.2, 0) is 9.59 Å². The predicted molar refractivity (Wildman–Crippen MR) is 113 cm³/mol. The summed E-state index contributed by atoms with van der Waals surface area (Å²) in [6.45, 7) is 6.82. The zero-order valence-electron chi connectivity index (χ0n) is 17.2.